The summed E-state index contributed by atoms with van der Waals surface area (Å²) in [6.45, 7) is 12.1. The van der Waals surface area contributed by atoms with Crippen molar-refractivity contribution in [3.05, 3.63) is 77.0 Å². The largest absolute Gasteiger partial charge is 0.509 e. The molecule has 1 aliphatic heterocycles. The van der Waals surface area contributed by atoms with E-state index in [2.05, 4.69) is 21.5 Å². The number of pyridine rings is 2. The molecule has 2 aromatic heterocycles. The third-order valence-electron chi connectivity index (χ3n) is 7.59. The van der Waals surface area contributed by atoms with Crippen molar-refractivity contribution in [1.82, 2.24) is 19.8 Å². The van der Waals surface area contributed by atoms with E-state index < -0.39 is 41.3 Å². The molecule has 3 heterocycles. The average molecular weight is 597 g/mol. The molecule has 9 nitrogen and oxygen atoms in total. The zero-order chi connectivity index (χ0) is 31.6. The van der Waals surface area contributed by atoms with Gasteiger partial charge in [0.25, 0.3) is 0 Å². The monoisotopic (exact) mass is 596 g/mol. The van der Waals surface area contributed by atoms with Crippen LogP contribution in [0.2, 0.25) is 0 Å². The molecular formula is C31H35F3N6O3. The van der Waals surface area contributed by atoms with Gasteiger partial charge in [0.15, 0.2) is 12.0 Å². The first-order valence-electron chi connectivity index (χ1n) is 13.9. The van der Waals surface area contributed by atoms with E-state index in [0.29, 0.717) is 48.8 Å². The maximum atomic E-state index is 15.9. The first-order valence-corrected chi connectivity index (χ1v) is 13.9. The van der Waals surface area contributed by atoms with Crippen LogP contribution in [0.25, 0.3) is 5.57 Å². The van der Waals surface area contributed by atoms with Crippen LogP contribution in [0.15, 0.2) is 53.6 Å². The molecular weight excluding hydrogens is 561 g/mol. The summed E-state index contributed by atoms with van der Waals surface area (Å²) in [5.74, 6) is -2.79. The van der Waals surface area contributed by atoms with E-state index in [4.69, 9.17) is 0 Å². The highest BCUT2D eigenvalue weighted by Gasteiger charge is 2.34. The summed E-state index contributed by atoms with van der Waals surface area (Å²) >= 11 is 0. The minimum Gasteiger partial charge on any atom is -0.509 e. The molecule has 2 aliphatic rings. The van der Waals surface area contributed by atoms with Crippen molar-refractivity contribution in [2.24, 2.45) is 4.99 Å². The Labute approximate surface area is 248 Å². The number of allylic oxidation sites excluding steroid dienone is 4. The highest BCUT2D eigenvalue weighted by Crippen LogP contribution is 2.39. The van der Waals surface area contributed by atoms with E-state index in [1.807, 2.05) is 25.7 Å². The first-order chi connectivity index (χ1) is 20.4. The number of anilines is 2. The van der Waals surface area contributed by atoms with Crippen LogP contribution < -0.4 is 4.90 Å². The van der Waals surface area contributed by atoms with E-state index >= 15 is 8.78 Å². The molecule has 2 amide bonds. The third-order valence-corrected chi connectivity index (χ3v) is 7.59. The molecule has 0 aromatic carbocycles. The Balaban J connectivity index is 1.96. The summed E-state index contributed by atoms with van der Waals surface area (Å²) in [4.78, 5) is 43.3. The lowest BCUT2D eigenvalue weighted by Crippen LogP contribution is -2.55. The quantitative estimate of drug-likeness (QED) is 0.201. The van der Waals surface area contributed by atoms with Gasteiger partial charge in [-0.1, -0.05) is 20.4 Å². The minimum atomic E-state index is -1.96. The van der Waals surface area contributed by atoms with E-state index in [9.17, 15) is 19.1 Å². The number of aliphatic hydroxyl groups is 1. The second kappa shape index (κ2) is 12.8. The number of rotatable bonds is 7. The topological polar surface area (TPSA) is 102 Å². The van der Waals surface area contributed by atoms with Gasteiger partial charge in [-0.15, -0.1) is 0 Å². The molecule has 2 aromatic rings. The van der Waals surface area contributed by atoms with E-state index in [1.165, 1.54) is 18.0 Å². The lowest BCUT2D eigenvalue weighted by Gasteiger charge is -2.41. The maximum Gasteiger partial charge on any atom is 0.246 e. The molecule has 1 N–H and O–H groups in total. The fraction of sp³-hybridized carbons (Fsp3) is 0.387. The smallest absolute Gasteiger partial charge is 0.246 e. The van der Waals surface area contributed by atoms with Crippen LogP contribution in [0.5, 0.6) is 0 Å². The summed E-state index contributed by atoms with van der Waals surface area (Å²) < 4.78 is 44.9. The van der Waals surface area contributed by atoms with Crippen molar-refractivity contribution in [3.8, 4) is 0 Å². The van der Waals surface area contributed by atoms with Gasteiger partial charge in [-0.3, -0.25) is 24.5 Å². The summed E-state index contributed by atoms with van der Waals surface area (Å²) in [5.41, 5.74) is 0.895. The van der Waals surface area contributed by atoms with Gasteiger partial charge in [0.05, 0.1) is 16.9 Å². The van der Waals surface area contributed by atoms with Crippen molar-refractivity contribution in [2.45, 2.75) is 52.2 Å². The fourth-order valence-electron chi connectivity index (χ4n) is 5.42. The Kier molecular flexibility index (Phi) is 9.37. The van der Waals surface area contributed by atoms with Crippen molar-refractivity contribution in [2.75, 3.05) is 31.6 Å². The molecule has 0 radical (unpaired) electrons. The molecule has 1 saturated heterocycles. The number of aliphatic hydroxyl groups excluding tert-OH is 1. The van der Waals surface area contributed by atoms with Gasteiger partial charge in [-0.25, -0.2) is 18.2 Å². The number of alkyl halides is 1. The number of aromatic nitrogens is 2. The van der Waals surface area contributed by atoms with Crippen molar-refractivity contribution >= 4 is 35.2 Å². The average Bonchev–Trinajstić information content (AvgIpc) is 2.97. The molecule has 2 atom stereocenters. The van der Waals surface area contributed by atoms with Crippen molar-refractivity contribution < 1.29 is 27.9 Å². The number of piperazine rings is 1. The molecule has 0 saturated carbocycles. The summed E-state index contributed by atoms with van der Waals surface area (Å²) in [5, 5.41) is 10.0. The lowest BCUT2D eigenvalue weighted by atomic mass is 9.98. The van der Waals surface area contributed by atoms with Crippen LogP contribution in [0.3, 0.4) is 0 Å². The molecule has 4 rings (SSSR count). The second-order valence-corrected chi connectivity index (χ2v) is 10.8. The Morgan fingerprint density at radius 2 is 2.02 bits per heavy atom. The SMILES string of the molecule is C=CC(=O)N1CCN(/C(=N/C)c2cc(F)c(C3=C(F)CC(F)C(O)=C3)nc2N(C=O)c2c(C)ccnc2C(C)C)C(C)C1. The van der Waals surface area contributed by atoms with E-state index in [1.54, 1.807) is 24.1 Å². The van der Waals surface area contributed by atoms with E-state index in [0.717, 1.165) is 12.1 Å². The molecule has 0 spiro atoms. The van der Waals surface area contributed by atoms with Crippen LogP contribution in [0.1, 0.15) is 55.6 Å². The van der Waals surface area contributed by atoms with Gasteiger partial charge < -0.3 is 14.9 Å². The number of hydrogen-bond donors (Lipinski definition) is 1. The molecule has 1 fully saturated rings. The van der Waals surface area contributed by atoms with E-state index in [-0.39, 0.29) is 29.2 Å². The number of aliphatic imine (C=N–C) groups is 1. The molecule has 0 bridgehead atoms. The number of amides is 2. The highest BCUT2D eigenvalue weighted by atomic mass is 19.1. The number of carbonyl (C=O) groups excluding carboxylic acids is 2. The number of halogens is 3. The number of carbonyl (C=O) groups is 2. The van der Waals surface area contributed by atoms with Gasteiger partial charge in [0.1, 0.15) is 28.9 Å². The van der Waals surface area contributed by atoms with Gasteiger partial charge in [-0.05, 0) is 49.6 Å². The van der Waals surface area contributed by atoms with Gasteiger partial charge in [-0.2, -0.15) is 0 Å². The van der Waals surface area contributed by atoms with Gasteiger partial charge in [0.2, 0.25) is 12.3 Å². The molecule has 12 heteroatoms. The Hall–Kier alpha value is -4.48. The van der Waals surface area contributed by atoms with Crippen LogP contribution in [0.4, 0.5) is 24.7 Å². The summed E-state index contributed by atoms with van der Waals surface area (Å²) in [6, 6.07) is 2.57. The molecule has 2 unspecified atom stereocenters. The highest BCUT2D eigenvalue weighted by molar-refractivity contribution is 6.06. The van der Waals surface area contributed by atoms with Gasteiger partial charge in [0, 0.05) is 50.9 Å². The predicted octanol–water partition coefficient (Wildman–Crippen LogP) is 5.30. The Morgan fingerprint density at radius 3 is 2.63 bits per heavy atom. The van der Waals surface area contributed by atoms with Crippen molar-refractivity contribution in [1.29, 1.82) is 0 Å². The standard InChI is InChI=1S/C31H35F3N6O3/c1-7-26(43)38-10-11-39(19(5)15-38)30(35-6)21-12-24(34)28(20-13-25(42)23(33)14-22(20)32)37-31(21)40(16-41)29-18(4)8-9-36-27(29)17(2)3/h7-9,12-13,16-17,19,23,42H,1,10-11,14-15H2,2-6H3/b35-30+. The summed E-state index contributed by atoms with van der Waals surface area (Å²) in [7, 11) is 1.52. The van der Waals surface area contributed by atoms with Crippen LogP contribution in [0, 0.1) is 12.7 Å². The van der Waals surface area contributed by atoms with Gasteiger partial charge >= 0.3 is 0 Å². The normalized spacial score (nSPS) is 19.5. The van der Waals surface area contributed by atoms with Crippen LogP contribution in [-0.4, -0.2) is 81.9 Å². The Bertz CT molecular complexity index is 1540. The maximum absolute atomic E-state index is 15.9. The second-order valence-electron chi connectivity index (χ2n) is 10.8. The van der Waals surface area contributed by atoms with Crippen LogP contribution in [-0.2, 0) is 9.59 Å². The molecule has 1 aliphatic carbocycles. The zero-order valence-corrected chi connectivity index (χ0v) is 24.8. The number of nitrogens with zero attached hydrogens (tertiary/aromatic N) is 6. The predicted molar refractivity (Wildman–Crippen MR) is 159 cm³/mol. The minimum absolute atomic E-state index is 0.0580. The summed E-state index contributed by atoms with van der Waals surface area (Å²) in [6.07, 6.45) is 1.46. The fourth-order valence-corrected chi connectivity index (χ4v) is 5.42. The molecule has 43 heavy (non-hydrogen) atoms. The lowest BCUT2D eigenvalue weighted by molar-refractivity contribution is -0.128. The third kappa shape index (κ3) is 6.04. The van der Waals surface area contributed by atoms with Crippen LogP contribution >= 0.6 is 0 Å². The number of aryl methyl sites for hydroxylation is 1. The zero-order valence-electron chi connectivity index (χ0n) is 24.8. The Morgan fingerprint density at radius 1 is 1.30 bits per heavy atom. The molecule has 228 valence electrons. The first kappa shape index (κ1) is 31.5. The number of hydrogen-bond acceptors (Lipinski definition) is 6. The van der Waals surface area contributed by atoms with Crippen molar-refractivity contribution in [3.63, 3.8) is 0 Å². The number of amidine groups is 1.